The van der Waals surface area contributed by atoms with Crippen molar-refractivity contribution in [1.29, 1.82) is 0 Å². The highest BCUT2D eigenvalue weighted by atomic mass is 32.2. The van der Waals surface area contributed by atoms with Crippen LogP contribution >= 0.6 is 11.8 Å². The number of thioether (sulfide) groups is 1. The van der Waals surface area contributed by atoms with Crippen LogP contribution in [-0.4, -0.2) is 23.6 Å². The third-order valence-electron chi connectivity index (χ3n) is 5.63. The number of esters is 1. The number of hydrogen-bond donors (Lipinski definition) is 0. The maximum Gasteiger partial charge on any atom is 0.319 e. The van der Waals surface area contributed by atoms with E-state index in [4.69, 9.17) is 4.74 Å². The number of benzene rings is 1. The van der Waals surface area contributed by atoms with E-state index < -0.39 is 0 Å². The third-order valence-corrected chi connectivity index (χ3v) is 6.90. The largest absolute Gasteiger partial charge is 0.465 e. The van der Waals surface area contributed by atoms with Gasteiger partial charge in [-0.25, -0.2) is 0 Å². The van der Waals surface area contributed by atoms with Gasteiger partial charge >= 0.3 is 5.97 Å². The third kappa shape index (κ3) is 5.41. The smallest absolute Gasteiger partial charge is 0.319 e. The Morgan fingerprint density at radius 1 is 1.29 bits per heavy atom. The lowest BCUT2D eigenvalue weighted by molar-refractivity contribution is -0.142. The highest BCUT2D eigenvalue weighted by Gasteiger charge is 2.24. The molecule has 2 aliphatic rings. The van der Waals surface area contributed by atoms with Crippen LogP contribution in [0.25, 0.3) is 6.08 Å². The van der Waals surface area contributed by atoms with Crippen LogP contribution in [0.15, 0.2) is 53.6 Å². The Labute approximate surface area is 174 Å². The SMILES string of the molecule is C=C1C(CCSC2CCCCOC2=O)=CC(C)CC1=Cc1ccccc1CC. The second kappa shape index (κ2) is 10.2. The van der Waals surface area contributed by atoms with Crippen LogP contribution < -0.4 is 0 Å². The molecule has 1 fully saturated rings. The molecular weight excluding hydrogens is 364 g/mol. The van der Waals surface area contributed by atoms with Crippen molar-refractivity contribution >= 4 is 23.8 Å². The fourth-order valence-electron chi connectivity index (χ4n) is 4.02. The summed E-state index contributed by atoms with van der Waals surface area (Å²) < 4.78 is 5.30. The molecule has 2 nitrogen and oxygen atoms in total. The van der Waals surface area contributed by atoms with E-state index in [9.17, 15) is 4.79 Å². The molecule has 1 aromatic rings. The van der Waals surface area contributed by atoms with Gasteiger partial charge in [0.15, 0.2) is 0 Å². The van der Waals surface area contributed by atoms with Crippen LogP contribution in [0, 0.1) is 5.92 Å². The van der Waals surface area contributed by atoms with Gasteiger partial charge < -0.3 is 4.74 Å². The fraction of sp³-hybridized carbons (Fsp3) is 0.480. The average Bonchev–Trinajstić information content (AvgIpc) is 2.90. The molecule has 3 rings (SSSR count). The molecule has 2 atom stereocenters. The predicted molar refractivity (Wildman–Crippen MR) is 120 cm³/mol. The van der Waals surface area contributed by atoms with Crippen molar-refractivity contribution in [2.75, 3.05) is 12.4 Å². The van der Waals surface area contributed by atoms with Gasteiger partial charge in [0.2, 0.25) is 0 Å². The molecule has 28 heavy (non-hydrogen) atoms. The number of allylic oxidation sites excluding steroid dienone is 4. The first-order chi connectivity index (χ1) is 13.6. The maximum absolute atomic E-state index is 12.0. The van der Waals surface area contributed by atoms with Gasteiger partial charge in [0.1, 0.15) is 5.25 Å². The van der Waals surface area contributed by atoms with E-state index in [1.807, 2.05) is 0 Å². The minimum Gasteiger partial charge on any atom is -0.465 e. The van der Waals surface area contributed by atoms with Crippen molar-refractivity contribution in [3.8, 4) is 0 Å². The van der Waals surface area contributed by atoms with Gasteiger partial charge in [0.25, 0.3) is 0 Å². The molecule has 3 heteroatoms. The summed E-state index contributed by atoms with van der Waals surface area (Å²) in [7, 11) is 0. The Bertz CT molecular complexity index is 775. The number of ether oxygens (including phenoxy) is 1. The molecule has 0 radical (unpaired) electrons. The standard InChI is InChI=1S/C25H32O2S/c1-4-20-9-5-6-10-22(20)17-23-16-18(2)15-21(19(23)3)12-14-28-24-11-7-8-13-27-25(24)26/h5-6,9-10,15,17-18,24H,3-4,7-8,11-14,16H2,1-2H3. The first kappa shape index (κ1) is 21.0. The maximum atomic E-state index is 12.0. The average molecular weight is 397 g/mol. The van der Waals surface area contributed by atoms with Crippen LogP contribution in [0.4, 0.5) is 0 Å². The van der Waals surface area contributed by atoms with Crippen LogP contribution in [0.1, 0.15) is 57.1 Å². The lowest BCUT2D eigenvalue weighted by atomic mass is 9.82. The van der Waals surface area contributed by atoms with Crippen molar-refractivity contribution in [2.45, 2.75) is 57.6 Å². The van der Waals surface area contributed by atoms with Gasteiger partial charge in [-0.3, -0.25) is 4.79 Å². The number of hydrogen-bond acceptors (Lipinski definition) is 3. The first-order valence-electron chi connectivity index (χ1n) is 10.6. The molecule has 1 saturated heterocycles. The minimum absolute atomic E-state index is 0.00354. The second-order valence-corrected chi connectivity index (χ2v) is 9.16. The molecule has 1 aliphatic carbocycles. The summed E-state index contributed by atoms with van der Waals surface area (Å²) in [6, 6.07) is 8.63. The number of carbonyl (C=O) groups is 1. The Kier molecular flexibility index (Phi) is 7.61. The minimum atomic E-state index is -0.0240. The summed E-state index contributed by atoms with van der Waals surface area (Å²) >= 11 is 1.75. The zero-order valence-electron chi connectivity index (χ0n) is 17.2. The Morgan fingerprint density at radius 3 is 2.93 bits per heavy atom. The fourth-order valence-corrected chi connectivity index (χ4v) is 5.18. The molecule has 1 heterocycles. The van der Waals surface area contributed by atoms with Crippen LogP contribution in [0.2, 0.25) is 0 Å². The molecule has 0 aromatic heterocycles. The highest BCUT2D eigenvalue weighted by molar-refractivity contribution is 8.00. The topological polar surface area (TPSA) is 26.3 Å². The molecule has 0 bridgehead atoms. The second-order valence-electron chi connectivity index (χ2n) is 7.85. The predicted octanol–water partition coefficient (Wildman–Crippen LogP) is 6.37. The molecule has 0 N–H and O–H groups in total. The van der Waals surface area contributed by atoms with Crippen LogP contribution in [-0.2, 0) is 16.0 Å². The molecule has 0 amide bonds. The van der Waals surface area contributed by atoms with E-state index in [1.54, 1.807) is 11.8 Å². The number of carbonyl (C=O) groups excluding carboxylic acids is 1. The van der Waals surface area contributed by atoms with E-state index in [1.165, 1.54) is 27.8 Å². The van der Waals surface area contributed by atoms with Crippen LogP contribution in [0.3, 0.4) is 0 Å². The zero-order valence-corrected chi connectivity index (χ0v) is 18.0. The summed E-state index contributed by atoms with van der Waals surface area (Å²) in [6.07, 6.45) is 10.8. The highest BCUT2D eigenvalue weighted by Crippen LogP contribution is 2.36. The van der Waals surface area contributed by atoms with E-state index >= 15 is 0 Å². The van der Waals surface area contributed by atoms with Crippen molar-refractivity contribution in [2.24, 2.45) is 5.92 Å². The molecule has 0 saturated carbocycles. The van der Waals surface area contributed by atoms with Crippen molar-refractivity contribution in [3.63, 3.8) is 0 Å². The Morgan fingerprint density at radius 2 is 2.11 bits per heavy atom. The Hall–Kier alpha value is -1.74. The van der Waals surface area contributed by atoms with Crippen molar-refractivity contribution in [1.82, 2.24) is 0 Å². The molecule has 1 aromatic carbocycles. The van der Waals surface area contributed by atoms with Gasteiger partial charge in [0, 0.05) is 0 Å². The number of aryl methyl sites for hydroxylation is 1. The normalized spacial score (nSPS) is 24.6. The van der Waals surface area contributed by atoms with Crippen molar-refractivity contribution in [3.05, 3.63) is 64.8 Å². The number of rotatable bonds is 6. The van der Waals surface area contributed by atoms with E-state index in [0.717, 1.165) is 44.3 Å². The lowest BCUT2D eigenvalue weighted by Crippen LogP contribution is -2.18. The quantitative estimate of drug-likeness (QED) is 0.522. The summed E-state index contributed by atoms with van der Waals surface area (Å²) in [6.45, 7) is 9.49. The molecule has 0 spiro atoms. The summed E-state index contributed by atoms with van der Waals surface area (Å²) in [5.41, 5.74) is 6.56. The molecule has 150 valence electrons. The van der Waals surface area contributed by atoms with E-state index in [0.29, 0.717) is 12.5 Å². The van der Waals surface area contributed by atoms with E-state index in [-0.39, 0.29) is 11.2 Å². The van der Waals surface area contributed by atoms with Crippen LogP contribution in [0.5, 0.6) is 0 Å². The molecular formula is C25H32O2S. The van der Waals surface area contributed by atoms with Gasteiger partial charge in [-0.1, -0.05) is 56.8 Å². The van der Waals surface area contributed by atoms with Crippen molar-refractivity contribution < 1.29 is 9.53 Å². The summed E-state index contributed by atoms with van der Waals surface area (Å²) in [5, 5.41) is 0.00354. The van der Waals surface area contributed by atoms with Gasteiger partial charge in [-0.2, -0.15) is 0 Å². The summed E-state index contributed by atoms with van der Waals surface area (Å²) in [5.74, 6) is 1.44. The summed E-state index contributed by atoms with van der Waals surface area (Å²) in [4.78, 5) is 12.0. The molecule has 2 unspecified atom stereocenters. The van der Waals surface area contributed by atoms with Gasteiger partial charge in [0.05, 0.1) is 6.61 Å². The van der Waals surface area contributed by atoms with Gasteiger partial charge in [-0.05, 0) is 78.0 Å². The first-order valence-corrected chi connectivity index (χ1v) is 11.6. The molecule has 1 aliphatic heterocycles. The number of cyclic esters (lactones) is 1. The lowest BCUT2D eigenvalue weighted by Gasteiger charge is -2.24. The monoisotopic (exact) mass is 396 g/mol. The Balaban J connectivity index is 1.66. The zero-order chi connectivity index (χ0) is 19.9. The van der Waals surface area contributed by atoms with Gasteiger partial charge in [-0.15, -0.1) is 11.8 Å². The van der Waals surface area contributed by atoms with E-state index in [2.05, 4.69) is 56.8 Å².